The summed E-state index contributed by atoms with van der Waals surface area (Å²) >= 11 is 0. The summed E-state index contributed by atoms with van der Waals surface area (Å²) in [4.78, 5) is 18.2. The van der Waals surface area contributed by atoms with Crippen LogP contribution in [0.15, 0.2) is 18.2 Å². The average molecular weight is 287 g/mol. The number of ether oxygens (including phenoxy) is 1. The number of rotatable bonds is 1. The molecule has 1 saturated heterocycles. The summed E-state index contributed by atoms with van der Waals surface area (Å²) in [6.45, 7) is 6.90. The molecular formula is C16H21N3O2. The summed E-state index contributed by atoms with van der Waals surface area (Å²) in [7, 11) is 0. The van der Waals surface area contributed by atoms with E-state index in [-0.39, 0.29) is 12.0 Å². The number of piperidine rings is 1. The van der Waals surface area contributed by atoms with Crippen molar-refractivity contribution in [3.05, 3.63) is 29.6 Å². The van der Waals surface area contributed by atoms with Gasteiger partial charge in [-0.25, -0.2) is 9.78 Å². The highest BCUT2D eigenvalue weighted by Gasteiger charge is 2.28. The highest BCUT2D eigenvalue weighted by atomic mass is 16.6. The van der Waals surface area contributed by atoms with E-state index in [4.69, 9.17) is 10.00 Å². The molecule has 5 heteroatoms. The van der Waals surface area contributed by atoms with Gasteiger partial charge < -0.3 is 9.64 Å². The van der Waals surface area contributed by atoms with Crippen molar-refractivity contribution >= 4 is 6.09 Å². The minimum absolute atomic E-state index is 0.166. The topological polar surface area (TPSA) is 66.2 Å². The minimum atomic E-state index is -0.483. The Bertz CT molecular complexity index is 557. The third kappa shape index (κ3) is 4.19. The van der Waals surface area contributed by atoms with Crippen LogP contribution in [0.5, 0.6) is 0 Å². The number of hydrogen-bond donors (Lipinski definition) is 0. The molecule has 1 aromatic rings. The van der Waals surface area contributed by atoms with Gasteiger partial charge in [-0.3, -0.25) is 0 Å². The first-order valence-corrected chi connectivity index (χ1v) is 7.24. The predicted molar refractivity (Wildman–Crippen MR) is 78.7 cm³/mol. The molecule has 1 aromatic heterocycles. The van der Waals surface area contributed by atoms with E-state index in [0.29, 0.717) is 18.8 Å². The van der Waals surface area contributed by atoms with E-state index in [1.165, 1.54) is 0 Å². The second-order valence-corrected chi connectivity index (χ2v) is 6.33. The van der Waals surface area contributed by atoms with E-state index in [1.54, 1.807) is 11.0 Å². The summed E-state index contributed by atoms with van der Waals surface area (Å²) in [5, 5.41) is 8.93. The second kappa shape index (κ2) is 6.13. The largest absolute Gasteiger partial charge is 0.444 e. The van der Waals surface area contributed by atoms with Gasteiger partial charge in [-0.2, -0.15) is 5.26 Å². The van der Waals surface area contributed by atoms with Crippen LogP contribution >= 0.6 is 0 Å². The molecule has 112 valence electrons. The van der Waals surface area contributed by atoms with Crippen LogP contribution in [0.2, 0.25) is 0 Å². The lowest BCUT2D eigenvalue weighted by Gasteiger charge is -2.33. The third-order valence-electron chi connectivity index (χ3n) is 3.38. The lowest BCUT2D eigenvalue weighted by atomic mass is 9.94. The molecule has 1 unspecified atom stereocenters. The van der Waals surface area contributed by atoms with Gasteiger partial charge in [0.2, 0.25) is 0 Å². The quantitative estimate of drug-likeness (QED) is 0.796. The number of hydrogen-bond acceptors (Lipinski definition) is 4. The molecule has 1 atom stereocenters. The van der Waals surface area contributed by atoms with E-state index >= 15 is 0 Å². The average Bonchev–Trinajstić information content (AvgIpc) is 2.46. The molecule has 0 bridgehead atoms. The molecule has 1 aliphatic heterocycles. The van der Waals surface area contributed by atoms with Gasteiger partial charge in [0.25, 0.3) is 0 Å². The van der Waals surface area contributed by atoms with Crippen LogP contribution in [-0.4, -0.2) is 34.7 Å². The fourth-order valence-corrected chi connectivity index (χ4v) is 2.45. The van der Waals surface area contributed by atoms with Gasteiger partial charge in [-0.15, -0.1) is 0 Å². The normalized spacial score (nSPS) is 19.0. The summed E-state index contributed by atoms with van der Waals surface area (Å²) < 4.78 is 5.42. The van der Waals surface area contributed by atoms with Crippen molar-refractivity contribution in [3.63, 3.8) is 0 Å². The molecule has 0 radical (unpaired) electrons. The van der Waals surface area contributed by atoms with Crippen LogP contribution < -0.4 is 0 Å². The summed E-state index contributed by atoms with van der Waals surface area (Å²) in [6.07, 6.45) is 1.62. The van der Waals surface area contributed by atoms with E-state index in [9.17, 15) is 4.79 Å². The SMILES string of the molecule is CC(C)(C)OC(=O)N1CCCC(c2cccc(C#N)n2)C1. The molecule has 0 N–H and O–H groups in total. The molecule has 1 aliphatic rings. The van der Waals surface area contributed by atoms with Crippen LogP contribution in [0.4, 0.5) is 4.79 Å². The Morgan fingerprint density at radius 2 is 2.24 bits per heavy atom. The lowest BCUT2D eigenvalue weighted by molar-refractivity contribution is 0.0197. The smallest absolute Gasteiger partial charge is 0.410 e. The van der Waals surface area contributed by atoms with Crippen molar-refractivity contribution in [1.29, 1.82) is 5.26 Å². The Balaban J connectivity index is 2.07. The molecule has 0 spiro atoms. The minimum Gasteiger partial charge on any atom is -0.444 e. The zero-order valence-corrected chi connectivity index (χ0v) is 12.8. The van der Waals surface area contributed by atoms with Gasteiger partial charge in [-0.05, 0) is 45.7 Å². The first kappa shape index (κ1) is 15.3. The van der Waals surface area contributed by atoms with Crippen molar-refractivity contribution in [2.24, 2.45) is 0 Å². The number of carbonyl (C=O) groups excluding carboxylic acids is 1. The maximum atomic E-state index is 12.1. The Hall–Kier alpha value is -2.09. The molecule has 21 heavy (non-hydrogen) atoms. The summed E-state index contributed by atoms with van der Waals surface area (Å²) in [6, 6.07) is 7.51. The van der Waals surface area contributed by atoms with Crippen molar-refractivity contribution < 1.29 is 9.53 Å². The van der Waals surface area contributed by atoms with E-state index in [1.807, 2.05) is 32.9 Å². The molecular weight excluding hydrogens is 266 g/mol. The molecule has 0 aromatic carbocycles. The molecule has 2 rings (SSSR count). The molecule has 1 amide bonds. The maximum absolute atomic E-state index is 12.1. The molecule has 1 fully saturated rings. The van der Waals surface area contributed by atoms with E-state index in [0.717, 1.165) is 18.5 Å². The van der Waals surface area contributed by atoms with Gasteiger partial charge in [-0.1, -0.05) is 6.07 Å². The van der Waals surface area contributed by atoms with Gasteiger partial charge >= 0.3 is 6.09 Å². The molecule has 5 nitrogen and oxygen atoms in total. The first-order chi connectivity index (χ1) is 9.89. The number of pyridine rings is 1. The Morgan fingerprint density at radius 1 is 1.48 bits per heavy atom. The van der Waals surface area contributed by atoms with Gasteiger partial charge in [0, 0.05) is 24.7 Å². The monoisotopic (exact) mass is 287 g/mol. The van der Waals surface area contributed by atoms with Crippen LogP contribution in [0, 0.1) is 11.3 Å². The third-order valence-corrected chi connectivity index (χ3v) is 3.38. The van der Waals surface area contributed by atoms with E-state index in [2.05, 4.69) is 11.1 Å². The Morgan fingerprint density at radius 3 is 2.90 bits per heavy atom. The van der Waals surface area contributed by atoms with Gasteiger partial charge in [0.15, 0.2) is 0 Å². The number of nitriles is 1. The fourth-order valence-electron chi connectivity index (χ4n) is 2.45. The zero-order chi connectivity index (χ0) is 15.5. The van der Waals surface area contributed by atoms with Crippen LogP contribution in [0.25, 0.3) is 0 Å². The van der Waals surface area contributed by atoms with Crippen molar-refractivity contribution in [1.82, 2.24) is 9.88 Å². The standard InChI is InChI=1S/C16H21N3O2/c1-16(2,3)21-15(20)19-9-5-6-12(11-19)14-8-4-7-13(10-17)18-14/h4,7-8,12H,5-6,9,11H2,1-3H3. The van der Waals surface area contributed by atoms with E-state index < -0.39 is 5.60 Å². The first-order valence-electron chi connectivity index (χ1n) is 7.24. The summed E-state index contributed by atoms with van der Waals surface area (Å²) in [5.74, 6) is 0.166. The molecule has 2 heterocycles. The van der Waals surface area contributed by atoms with Gasteiger partial charge in [0.05, 0.1) is 0 Å². The van der Waals surface area contributed by atoms with Crippen molar-refractivity contribution in [3.8, 4) is 6.07 Å². The van der Waals surface area contributed by atoms with Crippen LogP contribution in [0.1, 0.15) is 50.9 Å². The lowest BCUT2D eigenvalue weighted by Crippen LogP contribution is -2.42. The van der Waals surface area contributed by atoms with Crippen molar-refractivity contribution in [2.45, 2.75) is 45.1 Å². The second-order valence-electron chi connectivity index (χ2n) is 6.33. The highest BCUT2D eigenvalue weighted by Crippen LogP contribution is 2.26. The highest BCUT2D eigenvalue weighted by molar-refractivity contribution is 5.68. The van der Waals surface area contributed by atoms with Crippen LogP contribution in [0.3, 0.4) is 0 Å². The predicted octanol–water partition coefficient (Wildman–Crippen LogP) is 3.07. The number of carbonyl (C=O) groups is 1. The molecule has 0 aliphatic carbocycles. The maximum Gasteiger partial charge on any atom is 0.410 e. The number of amides is 1. The summed E-state index contributed by atoms with van der Waals surface area (Å²) in [5.41, 5.74) is 0.812. The number of aromatic nitrogens is 1. The fraction of sp³-hybridized carbons (Fsp3) is 0.562. The molecule has 0 saturated carbocycles. The Labute approximate surface area is 125 Å². The number of nitrogens with zero attached hydrogens (tertiary/aromatic N) is 3. The number of likely N-dealkylation sites (tertiary alicyclic amines) is 1. The van der Waals surface area contributed by atoms with Crippen LogP contribution in [-0.2, 0) is 4.74 Å². The zero-order valence-electron chi connectivity index (χ0n) is 12.8. The Kier molecular flexibility index (Phi) is 4.46. The van der Waals surface area contributed by atoms with Gasteiger partial charge in [0.1, 0.15) is 17.4 Å². The van der Waals surface area contributed by atoms with Crippen molar-refractivity contribution in [2.75, 3.05) is 13.1 Å².